The lowest BCUT2D eigenvalue weighted by Crippen LogP contribution is -2.53. The van der Waals surface area contributed by atoms with Gasteiger partial charge >= 0.3 is 8.56 Å². The van der Waals surface area contributed by atoms with Gasteiger partial charge in [-0.15, -0.1) is 0 Å². The van der Waals surface area contributed by atoms with E-state index in [1.165, 1.54) is 12.8 Å². The lowest BCUT2D eigenvalue weighted by molar-refractivity contribution is 0.180. The largest absolute Gasteiger partial charge is 0.397 e. The van der Waals surface area contributed by atoms with Crippen molar-refractivity contribution in [2.24, 2.45) is 11.8 Å². The fourth-order valence-corrected chi connectivity index (χ4v) is 6.79. The summed E-state index contributed by atoms with van der Waals surface area (Å²) in [6, 6.07) is 1.07. The summed E-state index contributed by atoms with van der Waals surface area (Å²) >= 11 is 0. The molecule has 0 aromatic carbocycles. The van der Waals surface area contributed by atoms with Crippen molar-refractivity contribution in [3.05, 3.63) is 0 Å². The maximum absolute atomic E-state index is 5.95. The highest BCUT2D eigenvalue weighted by atomic mass is 28.4. The van der Waals surface area contributed by atoms with Gasteiger partial charge in [-0.2, -0.15) is 0 Å². The first kappa shape index (κ1) is 17.1. The first-order valence-electron chi connectivity index (χ1n) is 6.87. The Bertz CT molecular complexity index is 210. The number of rotatable bonds is 8. The molecule has 0 N–H and O–H groups in total. The van der Waals surface area contributed by atoms with Crippen LogP contribution in [-0.4, -0.2) is 22.8 Å². The van der Waals surface area contributed by atoms with E-state index in [2.05, 4.69) is 41.5 Å². The van der Waals surface area contributed by atoms with E-state index in [4.69, 9.17) is 8.85 Å². The molecule has 0 heterocycles. The van der Waals surface area contributed by atoms with Crippen LogP contribution in [-0.2, 0) is 8.85 Å². The number of hydrogen-bond donors (Lipinski definition) is 0. The van der Waals surface area contributed by atoms with Gasteiger partial charge in [0.2, 0.25) is 0 Å². The van der Waals surface area contributed by atoms with Crippen molar-refractivity contribution < 1.29 is 8.85 Å². The summed E-state index contributed by atoms with van der Waals surface area (Å²) in [5.74, 6) is 1.26. The first-order chi connectivity index (χ1) is 7.77. The van der Waals surface area contributed by atoms with Crippen LogP contribution in [0.2, 0.25) is 11.1 Å². The highest BCUT2D eigenvalue weighted by Crippen LogP contribution is 2.49. The molecular formula is C14H32O2Si. The molecule has 2 nitrogen and oxygen atoms in total. The van der Waals surface area contributed by atoms with E-state index >= 15 is 0 Å². The Kier molecular flexibility index (Phi) is 6.96. The second-order valence-electron chi connectivity index (χ2n) is 6.17. The smallest absolute Gasteiger partial charge is 0.343 e. The Hall–Kier alpha value is 0.137. The Morgan fingerprint density at radius 1 is 1.06 bits per heavy atom. The zero-order chi connectivity index (χ0) is 13.7. The molecule has 0 amide bonds. The van der Waals surface area contributed by atoms with Crippen LogP contribution < -0.4 is 0 Å². The fraction of sp³-hybridized carbons (Fsp3) is 1.00. The summed E-state index contributed by atoms with van der Waals surface area (Å²) in [6.45, 7) is 13.7. The average molecular weight is 260 g/mol. The van der Waals surface area contributed by atoms with E-state index in [9.17, 15) is 0 Å². The quantitative estimate of drug-likeness (QED) is 0.594. The van der Waals surface area contributed by atoms with Gasteiger partial charge in [0.05, 0.1) is 0 Å². The highest BCUT2D eigenvalue weighted by molar-refractivity contribution is 6.70. The normalized spacial score (nSPS) is 15.4. The second kappa shape index (κ2) is 6.91. The van der Waals surface area contributed by atoms with E-state index in [0.717, 1.165) is 6.04 Å². The predicted molar refractivity (Wildman–Crippen MR) is 77.5 cm³/mol. The minimum Gasteiger partial charge on any atom is -0.397 e. The van der Waals surface area contributed by atoms with Gasteiger partial charge in [-0.05, 0) is 17.9 Å². The minimum atomic E-state index is -2.13. The van der Waals surface area contributed by atoms with Crippen LogP contribution in [0.5, 0.6) is 0 Å². The molecule has 0 bridgehead atoms. The van der Waals surface area contributed by atoms with Gasteiger partial charge in [0.1, 0.15) is 0 Å². The number of hydrogen-bond acceptors (Lipinski definition) is 2. The SMILES string of the molecule is CCCC(C)C(C)(C)[Si](CC(C)C)(OC)OC. The molecule has 0 aliphatic rings. The molecule has 0 saturated heterocycles. The van der Waals surface area contributed by atoms with Crippen molar-refractivity contribution >= 4 is 8.56 Å². The summed E-state index contributed by atoms with van der Waals surface area (Å²) in [6.07, 6.45) is 2.47. The molecule has 104 valence electrons. The van der Waals surface area contributed by atoms with Gasteiger partial charge < -0.3 is 8.85 Å². The molecule has 17 heavy (non-hydrogen) atoms. The summed E-state index contributed by atoms with van der Waals surface area (Å²) in [5.41, 5.74) is 0. The van der Waals surface area contributed by atoms with Crippen LogP contribution in [0.3, 0.4) is 0 Å². The van der Waals surface area contributed by atoms with Crippen LogP contribution in [0.15, 0.2) is 0 Å². The van der Waals surface area contributed by atoms with Crippen LogP contribution in [0, 0.1) is 11.8 Å². The molecule has 0 radical (unpaired) electrons. The topological polar surface area (TPSA) is 18.5 Å². The van der Waals surface area contributed by atoms with Gasteiger partial charge in [0.15, 0.2) is 0 Å². The lowest BCUT2D eigenvalue weighted by Gasteiger charge is -2.46. The Labute approximate surface area is 109 Å². The molecule has 0 fully saturated rings. The van der Waals surface area contributed by atoms with E-state index in [1.807, 2.05) is 14.2 Å². The molecule has 0 aromatic heterocycles. The van der Waals surface area contributed by atoms with Gasteiger partial charge in [0.25, 0.3) is 0 Å². The summed E-state index contributed by atoms with van der Waals surface area (Å²) in [7, 11) is 1.53. The fourth-order valence-electron chi connectivity index (χ4n) is 2.75. The standard InChI is InChI=1S/C14H32O2Si/c1-9-10-13(4)14(5,6)17(15-7,16-8)11-12(2)3/h12-13H,9-11H2,1-8H3. The molecule has 0 saturated carbocycles. The molecular weight excluding hydrogens is 228 g/mol. The zero-order valence-electron chi connectivity index (χ0n) is 13.1. The van der Waals surface area contributed by atoms with Crippen molar-refractivity contribution in [1.29, 1.82) is 0 Å². The molecule has 1 unspecified atom stereocenters. The third-order valence-corrected chi connectivity index (χ3v) is 9.40. The van der Waals surface area contributed by atoms with Crippen molar-refractivity contribution in [3.63, 3.8) is 0 Å². The lowest BCUT2D eigenvalue weighted by atomic mass is 9.92. The van der Waals surface area contributed by atoms with E-state index in [1.54, 1.807) is 0 Å². The van der Waals surface area contributed by atoms with Gasteiger partial charge in [-0.25, -0.2) is 0 Å². The first-order valence-corrected chi connectivity index (χ1v) is 8.90. The van der Waals surface area contributed by atoms with Gasteiger partial charge in [-0.1, -0.05) is 54.4 Å². The van der Waals surface area contributed by atoms with Crippen molar-refractivity contribution in [2.45, 2.75) is 65.5 Å². The third-order valence-electron chi connectivity index (χ3n) is 4.27. The Balaban J connectivity index is 5.13. The Morgan fingerprint density at radius 2 is 1.53 bits per heavy atom. The van der Waals surface area contributed by atoms with Crippen LogP contribution in [0.4, 0.5) is 0 Å². The van der Waals surface area contributed by atoms with Crippen LogP contribution in [0.25, 0.3) is 0 Å². The summed E-state index contributed by atoms with van der Waals surface area (Å²) in [5, 5.41) is 0.150. The Morgan fingerprint density at radius 3 is 1.82 bits per heavy atom. The monoisotopic (exact) mass is 260 g/mol. The van der Waals surface area contributed by atoms with E-state index in [0.29, 0.717) is 11.8 Å². The van der Waals surface area contributed by atoms with E-state index < -0.39 is 8.56 Å². The van der Waals surface area contributed by atoms with Crippen LogP contribution in [0.1, 0.15) is 54.4 Å². The minimum absolute atomic E-state index is 0.150. The van der Waals surface area contributed by atoms with Gasteiger partial charge in [0, 0.05) is 19.3 Å². The predicted octanol–water partition coefficient (Wildman–Crippen LogP) is 4.59. The zero-order valence-corrected chi connectivity index (χ0v) is 14.1. The summed E-state index contributed by atoms with van der Waals surface area (Å²) < 4.78 is 11.9. The molecule has 0 spiro atoms. The van der Waals surface area contributed by atoms with Crippen molar-refractivity contribution in [3.8, 4) is 0 Å². The van der Waals surface area contributed by atoms with Crippen molar-refractivity contribution in [2.75, 3.05) is 14.2 Å². The molecule has 0 rings (SSSR count). The highest BCUT2D eigenvalue weighted by Gasteiger charge is 2.53. The van der Waals surface area contributed by atoms with Crippen LogP contribution >= 0.6 is 0 Å². The summed E-state index contributed by atoms with van der Waals surface area (Å²) in [4.78, 5) is 0. The van der Waals surface area contributed by atoms with Crippen molar-refractivity contribution in [1.82, 2.24) is 0 Å². The molecule has 0 aliphatic heterocycles. The molecule has 3 heteroatoms. The second-order valence-corrected chi connectivity index (χ2v) is 10.2. The molecule has 0 aromatic rings. The van der Waals surface area contributed by atoms with E-state index in [-0.39, 0.29) is 5.04 Å². The average Bonchev–Trinajstić information content (AvgIpc) is 2.25. The third kappa shape index (κ3) is 3.80. The maximum atomic E-state index is 5.95. The molecule has 0 aliphatic carbocycles. The maximum Gasteiger partial charge on any atom is 0.343 e. The van der Waals surface area contributed by atoms with Gasteiger partial charge in [-0.3, -0.25) is 0 Å². The molecule has 1 atom stereocenters.